The van der Waals surface area contributed by atoms with E-state index in [0.717, 1.165) is 17.2 Å². The number of hydrogen-bond donors (Lipinski definition) is 2. The smallest absolute Gasteiger partial charge is 0.239 e. The summed E-state index contributed by atoms with van der Waals surface area (Å²) in [5, 5.41) is 22.3. The Morgan fingerprint density at radius 3 is 2.82 bits per heavy atom. The molecule has 3 rings (SSSR count). The van der Waals surface area contributed by atoms with Crippen LogP contribution in [-0.2, 0) is 6.42 Å². The van der Waals surface area contributed by atoms with Gasteiger partial charge in [0.2, 0.25) is 11.6 Å². The summed E-state index contributed by atoms with van der Waals surface area (Å²) in [5.74, 6) is -0.758. The van der Waals surface area contributed by atoms with E-state index in [2.05, 4.69) is 20.6 Å². The molecule has 7 heteroatoms. The minimum absolute atomic E-state index is 0.0515. The van der Waals surface area contributed by atoms with Crippen molar-refractivity contribution in [2.45, 2.75) is 6.42 Å². The van der Waals surface area contributed by atoms with Crippen LogP contribution in [0.4, 0.5) is 0 Å². The van der Waals surface area contributed by atoms with Gasteiger partial charge in [-0.3, -0.25) is 4.79 Å². The first kappa shape index (κ1) is 13.7. The van der Waals surface area contributed by atoms with Crippen molar-refractivity contribution in [2.75, 3.05) is 0 Å². The Kier molecular flexibility index (Phi) is 3.78. The first-order valence-electron chi connectivity index (χ1n) is 6.52. The zero-order valence-electron chi connectivity index (χ0n) is 11.4. The third-order valence-corrected chi connectivity index (χ3v) is 2.99. The minimum Gasteiger partial charge on any atom is -0.504 e. The highest BCUT2D eigenvalue weighted by molar-refractivity contribution is 6.05. The van der Waals surface area contributed by atoms with E-state index in [1.807, 2.05) is 30.3 Å². The van der Waals surface area contributed by atoms with Crippen LogP contribution in [0.5, 0.6) is 0 Å². The van der Waals surface area contributed by atoms with E-state index in [0.29, 0.717) is 6.42 Å². The molecule has 22 heavy (non-hydrogen) atoms. The fraction of sp³-hybridized carbons (Fsp3) is 0.0667. The topological polar surface area (TPSA) is 105 Å². The van der Waals surface area contributed by atoms with Crippen LogP contribution < -0.4 is 0 Å². The summed E-state index contributed by atoms with van der Waals surface area (Å²) in [5.41, 5.74) is 1.99. The Morgan fingerprint density at radius 1 is 1.27 bits per heavy atom. The third kappa shape index (κ3) is 3.09. The first-order chi connectivity index (χ1) is 10.7. The van der Waals surface area contributed by atoms with Crippen LogP contribution >= 0.6 is 0 Å². The van der Waals surface area contributed by atoms with E-state index < -0.39 is 5.78 Å². The van der Waals surface area contributed by atoms with Crippen molar-refractivity contribution in [2.24, 2.45) is 0 Å². The van der Waals surface area contributed by atoms with Gasteiger partial charge in [0, 0.05) is 12.5 Å². The Labute approximate surface area is 125 Å². The van der Waals surface area contributed by atoms with Crippen LogP contribution in [0.15, 0.2) is 53.2 Å². The van der Waals surface area contributed by atoms with Crippen molar-refractivity contribution in [3.05, 3.63) is 71.4 Å². The summed E-state index contributed by atoms with van der Waals surface area (Å²) in [6.07, 6.45) is 3.19. The Bertz CT molecular complexity index is 791. The number of aliphatic hydroxyl groups excluding tert-OH is 1. The standard InChI is InChI=1S/C15H12N4O3/c20-12(8-13(21)15-16-18-19-17-15)14-7-11(9-22-14)6-10-4-2-1-3-5-10/h1-5,7-9,21H,6H2,(H,16,17,18,19). The molecule has 0 spiro atoms. The first-order valence-corrected chi connectivity index (χ1v) is 6.52. The molecule has 0 aliphatic heterocycles. The zero-order valence-corrected chi connectivity index (χ0v) is 11.4. The van der Waals surface area contributed by atoms with Gasteiger partial charge in [0.25, 0.3) is 0 Å². The van der Waals surface area contributed by atoms with Crippen molar-refractivity contribution in [3.8, 4) is 0 Å². The molecule has 110 valence electrons. The molecular weight excluding hydrogens is 284 g/mol. The third-order valence-electron chi connectivity index (χ3n) is 2.99. The molecule has 3 aromatic rings. The van der Waals surface area contributed by atoms with E-state index >= 15 is 0 Å². The lowest BCUT2D eigenvalue weighted by Crippen LogP contribution is -1.96. The number of nitrogens with zero attached hydrogens (tertiary/aromatic N) is 3. The van der Waals surface area contributed by atoms with E-state index in [4.69, 9.17) is 4.42 Å². The zero-order chi connectivity index (χ0) is 15.4. The monoisotopic (exact) mass is 296 g/mol. The van der Waals surface area contributed by atoms with Gasteiger partial charge in [-0.05, 0) is 22.4 Å². The number of H-pyrrole nitrogens is 1. The summed E-state index contributed by atoms with van der Waals surface area (Å²) in [4.78, 5) is 12.0. The van der Waals surface area contributed by atoms with Gasteiger partial charge >= 0.3 is 0 Å². The lowest BCUT2D eigenvalue weighted by atomic mass is 10.1. The highest BCUT2D eigenvalue weighted by Crippen LogP contribution is 2.15. The number of tetrazole rings is 1. The predicted octanol–water partition coefficient (Wildman–Crippen LogP) is 2.17. The fourth-order valence-electron chi connectivity index (χ4n) is 1.96. The highest BCUT2D eigenvalue weighted by Gasteiger charge is 2.13. The minimum atomic E-state index is -0.471. The number of aromatic nitrogens is 4. The molecule has 0 unspecified atom stereocenters. The Hall–Kier alpha value is -3.22. The number of furan rings is 1. The predicted molar refractivity (Wildman–Crippen MR) is 77.1 cm³/mol. The van der Waals surface area contributed by atoms with E-state index in [9.17, 15) is 9.90 Å². The molecular formula is C15H12N4O3. The summed E-state index contributed by atoms with van der Waals surface area (Å²) in [6, 6.07) is 11.5. The van der Waals surface area contributed by atoms with Crippen LogP contribution in [0.25, 0.3) is 5.76 Å². The van der Waals surface area contributed by atoms with Crippen LogP contribution in [0.1, 0.15) is 27.5 Å². The molecule has 0 aliphatic rings. The van der Waals surface area contributed by atoms with Crippen molar-refractivity contribution >= 4 is 11.5 Å². The largest absolute Gasteiger partial charge is 0.504 e. The number of allylic oxidation sites excluding steroid dienone is 1. The van der Waals surface area contributed by atoms with Crippen LogP contribution in [0, 0.1) is 0 Å². The van der Waals surface area contributed by atoms with Crippen molar-refractivity contribution < 1.29 is 14.3 Å². The second kappa shape index (κ2) is 6.04. The average molecular weight is 296 g/mol. The fourth-order valence-corrected chi connectivity index (χ4v) is 1.96. The van der Waals surface area contributed by atoms with E-state index in [1.54, 1.807) is 6.07 Å². The van der Waals surface area contributed by atoms with Gasteiger partial charge in [-0.1, -0.05) is 30.3 Å². The lowest BCUT2D eigenvalue weighted by Gasteiger charge is -1.96. The molecule has 1 aromatic carbocycles. The quantitative estimate of drug-likeness (QED) is 0.424. The Morgan fingerprint density at radius 2 is 2.09 bits per heavy atom. The molecule has 2 N–H and O–H groups in total. The second-order valence-corrected chi connectivity index (χ2v) is 4.61. The number of ketones is 1. The van der Waals surface area contributed by atoms with E-state index in [-0.39, 0.29) is 17.3 Å². The highest BCUT2D eigenvalue weighted by atomic mass is 16.3. The van der Waals surface area contributed by atoms with Gasteiger partial charge in [0.05, 0.1) is 6.26 Å². The van der Waals surface area contributed by atoms with Gasteiger partial charge in [0.1, 0.15) is 0 Å². The average Bonchev–Trinajstić information content (AvgIpc) is 3.19. The molecule has 0 atom stereocenters. The van der Waals surface area contributed by atoms with Gasteiger partial charge in [-0.25, -0.2) is 0 Å². The van der Waals surface area contributed by atoms with Crippen molar-refractivity contribution in [1.29, 1.82) is 0 Å². The number of hydrogen-bond acceptors (Lipinski definition) is 6. The van der Waals surface area contributed by atoms with Crippen LogP contribution in [0.3, 0.4) is 0 Å². The summed E-state index contributed by atoms with van der Waals surface area (Å²) in [6.45, 7) is 0. The number of aromatic amines is 1. The van der Waals surface area contributed by atoms with Crippen molar-refractivity contribution in [3.63, 3.8) is 0 Å². The number of benzene rings is 1. The molecule has 0 saturated carbocycles. The number of nitrogens with one attached hydrogen (secondary N) is 1. The van der Waals surface area contributed by atoms with Gasteiger partial charge in [-0.2, -0.15) is 5.21 Å². The SMILES string of the molecule is O=C(C=C(O)c1nn[nH]n1)c1cc(Cc2ccccc2)co1. The Balaban J connectivity index is 1.73. The molecule has 0 saturated heterocycles. The van der Waals surface area contributed by atoms with Crippen LogP contribution in [-0.4, -0.2) is 31.5 Å². The number of carbonyl (C=O) groups excluding carboxylic acids is 1. The molecule has 0 amide bonds. The van der Waals surface area contributed by atoms with E-state index in [1.165, 1.54) is 6.26 Å². The molecule has 0 aliphatic carbocycles. The maximum atomic E-state index is 12.0. The number of carbonyl (C=O) groups is 1. The summed E-state index contributed by atoms with van der Waals surface area (Å²) >= 11 is 0. The summed E-state index contributed by atoms with van der Waals surface area (Å²) in [7, 11) is 0. The van der Waals surface area contributed by atoms with Gasteiger partial charge < -0.3 is 9.52 Å². The molecule has 2 heterocycles. The molecule has 2 aromatic heterocycles. The number of aliphatic hydroxyl groups is 1. The van der Waals surface area contributed by atoms with Gasteiger partial charge in [0.15, 0.2) is 11.5 Å². The number of rotatable bonds is 5. The maximum absolute atomic E-state index is 12.0. The van der Waals surface area contributed by atoms with Crippen molar-refractivity contribution in [1.82, 2.24) is 20.6 Å². The molecule has 0 fully saturated rings. The lowest BCUT2D eigenvalue weighted by molar-refractivity contribution is 0.102. The normalized spacial score (nSPS) is 11.5. The maximum Gasteiger partial charge on any atom is 0.239 e. The summed E-state index contributed by atoms with van der Waals surface area (Å²) < 4.78 is 5.25. The molecule has 7 nitrogen and oxygen atoms in total. The van der Waals surface area contributed by atoms with Crippen LogP contribution in [0.2, 0.25) is 0 Å². The molecule has 0 radical (unpaired) electrons. The molecule has 0 bridgehead atoms. The van der Waals surface area contributed by atoms with Gasteiger partial charge in [-0.15, -0.1) is 10.2 Å². The second-order valence-electron chi connectivity index (χ2n) is 4.61.